The van der Waals surface area contributed by atoms with E-state index in [0.717, 1.165) is 34.6 Å². The van der Waals surface area contributed by atoms with Gasteiger partial charge in [-0.2, -0.15) is 0 Å². The molecule has 1 aliphatic heterocycles. The summed E-state index contributed by atoms with van der Waals surface area (Å²) in [5, 5.41) is 3.56. The molecule has 2 nitrogen and oxygen atoms in total. The summed E-state index contributed by atoms with van der Waals surface area (Å²) in [5.41, 5.74) is 5.13. The van der Waals surface area contributed by atoms with E-state index in [1.807, 2.05) is 54.6 Å². The van der Waals surface area contributed by atoms with E-state index >= 15 is 0 Å². The molecule has 3 aromatic carbocycles. The van der Waals surface area contributed by atoms with E-state index in [2.05, 4.69) is 17.4 Å². The van der Waals surface area contributed by atoms with Crippen molar-refractivity contribution in [3.8, 4) is 0 Å². The van der Waals surface area contributed by atoms with Crippen LogP contribution in [0.4, 0.5) is 15.8 Å². The molecular weight excluding hydrogens is 299 g/mol. The molecule has 0 saturated carbocycles. The van der Waals surface area contributed by atoms with Crippen LogP contribution in [-0.4, -0.2) is 5.71 Å². The van der Waals surface area contributed by atoms with Crippen LogP contribution in [0.25, 0.3) is 0 Å². The Labute approximate surface area is 140 Å². The highest BCUT2D eigenvalue weighted by atomic mass is 19.1. The van der Waals surface area contributed by atoms with Gasteiger partial charge in [-0.1, -0.05) is 54.6 Å². The number of hydrogen-bond acceptors (Lipinski definition) is 2. The standard InChI is InChI=1S/C21H17FN2/c22-17-12-10-16(11-13-17)21-14-20(15-6-2-1-3-7-15)23-18-8-4-5-9-19(18)24-21/h1-13,21,24H,14H2/t21-/m0/s1. The van der Waals surface area contributed by atoms with Gasteiger partial charge >= 0.3 is 0 Å². The molecular formula is C21H17FN2. The number of aliphatic imine (C=N–C) groups is 1. The van der Waals surface area contributed by atoms with Gasteiger partial charge in [0.25, 0.3) is 0 Å². The van der Waals surface area contributed by atoms with Crippen LogP contribution in [0.5, 0.6) is 0 Å². The minimum Gasteiger partial charge on any atom is -0.376 e. The van der Waals surface area contributed by atoms with Crippen molar-refractivity contribution in [3.63, 3.8) is 0 Å². The van der Waals surface area contributed by atoms with Gasteiger partial charge in [-0.15, -0.1) is 0 Å². The molecule has 24 heavy (non-hydrogen) atoms. The predicted octanol–water partition coefficient (Wildman–Crippen LogP) is 5.50. The summed E-state index contributed by atoms with van der Waals surface area (Å²) < 4.78 is 13.3. The molecule has 3 aromatic rings. The summed E-state index contributed by atoms with van der Waals surface area (Å²) in [4.78, 5) is 4.88. The first kappa shape index (κ1) is 14.6. The zero-order valence-electron chi connectivity index (χ0n) is 13.1. The van der Waals surface area contributed by atoms with Crippen molar-refractivity contribution in [2.75, 3.05) is 5.32 Å². The van der Waals surface area contributed by atoms with Crippen LogP contribution < -0.4 is 5.32 Å². The summed E-state index contributed by atoms with van der Waals surface area (Å²) in [6, 6.07) is 25.0. The van der Waals surface area contributed by atoms with Crippen LogP contribution in [0.2, 0.25) is 0 Å². The maximum absolute atomic E-state index is 13.3. The van der Waals surface area contributed by atoms with E-state index in [1.54, 1.807) is 0 Å². The summed E-state index contributed by atoms with van der Waals surface area (Å²) in [6.45, 7) is 0. The van der Waals surface area contributed by atoms with Gasteiger partial charge in [0.1, 0.15) is 5.82 Å². The van der Waals surface area contributed by atoms with Gasteiger partial charge in [-0.3, -0.25) is 4.99 Å². The van der Waals surface area contributed by atoms with Crippen LogP contribution >= 0.6 is 0 Å². The number of nitrogens with one attached hydrogen (secondary N) is 1. The Morgan fingerprint density at radius 3 is 2.33 bits per heavy atom. The first-order valence-corrected chi connectivity index (χ1v) is 8.03. The average molecular weight is 316 g/mol. The molecule has 1 N–H and O–H groups in total. The quantitative estimate of drug-likeness (QED) is 0.663. The smallest absolute Gasteiger partial charge is 0.123 e. The fourth-order valence-corrected chi connectivity index (χ4v) is 3.03. The molecule has 0 radical (unpaired) electrons. The van der Waals surface area contributed by atoms with Gasteiger partial charge in [0.2, 0.25) is 0 Å². The minimum atomic E-state index is -0.218. The van der Waals surface area contributed by atoms with Crippen LogP contribution in [0.3, 0.4) is 0 Å². The van der Waals surface area contributed by atoms with E-state index in [1.165, 1.54) is 12.1 Å². The molecule has 1 heterocycles. The Kier molecular flexibility index (Phi) is 3.83. The molecule has 0 spiro atoms. The maximum atomic E-state index is 13.3. The fourth-order valence-electron chi connectivity index (χ4n) is 3.03. The van der Waals surface area contributed by atoms with Gasteiger partial charge in [0.15, 0.2) is 0 Å². The van der Waals surface area contributed by atoms with Crippen molar-refractivity contribution in [3.05, 3.63) is 95.8 Å². The lowest BCUT2D eigenvalue weighted by molar-refractivity contribution is 0.626. The Bertz CT molecular complexity index is 870. The lowest BCUT2D eigenvalue weighted by atomic mass is 9.97. The number of rotatable bonds is 2. The molecule has 1 atom stereocenters. The van der Waals surface area contributed by atoms with Crippen molar-refractivity contribution in [2.45, 2.75) is 12.5 Å². The first-order valence-electron chi connectivity index (χ1n) is 8.03. The molecule has 0 aromatic heterocycles. The number of para-hydroxylation sites is 2. The van der Waals surface area contributed by atoms with Gasteiger partial charge in [-0.05, 0) is 35.4 Å². The second-order valence-electron chi connectivity index (χ2n) is 5.89. The summed E-state index contributed by atoms with van der Waals surface area (Å²) >= 11 is 0. The van der Waals surface area contributed by atoms with Crippen LogP contribution in [0.15, 0.2) is 83.9 Å². The Hall–Kier alpha value is -2.94. The van der Waals surface area contributed by atoms with Crippen LogP contribution in [0.1, 0.15) is 23.6 Å². The highest BCUT2D eigenvalue weighted by Crippen LogP contribution is 2.35. The summed E-state index contributed by atoms with van der Waals surface area (Å²) in [6.07, 6.45) is 0.740. The highest BCUT2D eigenvalue weighted by molar-refractivity contribution is 6.04. The Balaban J connectivity index is 1.79. The molecule has 1 aliphatic rings. The minimum absolute atomic E-state index is 0.0493. The monoisotopic (exact) mass is 316 g/mol. The number of nitrogens with zero attached hydrogens (tertiary/aromatic N) is 1. The molecule has 0 saturated heterocycles. The lowest BCUT2D eigenvalue weighted by Gasteiger charge is -2.19. The zero-order chi connectivity index (χ0) is 16.4. The molecule has 4 rings (SSSR count). The number of benzene rings is 3. The largest absolute Gasteiger partial charge is 0.376 e. The molecule has 118 valence electrons. The van der Waals surface area contributed by atoms with Crippen molar-refractivity contribution in [1.29, 1.82) is 0 Å². The van der Waals surface area contributed by atoms with E-state index in [4.69, 9.17) is 4.99 Å². The fraction of sp³-hybridized carbons (Fsp3) is 0.0952. The third kappa shape index (κ3) is 2.93. The number of fused-ring (bicyclic) bond motifs is 1. The summed E-state index contributed by atoms with van der Waals surface area (Å²) in [7, 11) is 0. The Morgan fingerprint density at radius 2 is 1.54 bits per heavy atom. The Morgan fingerprint density at radius 1 is 0.833 bits per heavy atom. The lowest BCUT2D eigenvalue weighted by Crippen LogP contribution is -2.14. The van der Waals surface area contributed by atoms with Crippen molar-refractivity contribution in [1.82, 2.24) is 0 Å². The van der Waals surface area contributed by atoms with Crippen molar-refractivity contribution >= 4 is 17.1 Å². The molecule has 0 unspecified atom stereocenters. The van der Waals surface area contributed by atoms with E-state index in [9.17, 15) is 4.39 Å². The topological polar surface area (TPSA) is 24.4 Å². The van der Waals surface area contributed by atoms with E-state index < -0.39 is 0 Å². The first-order chi connectivity index (χ1) is 11.8. The third-order valence-corrected chi connectivity index (χ3v) is 4.27. The van der Waals surface area contributed by atoms with Gasteiger partial charge in [0, 0.05) is 6.42 Å². The molecule has 3 heteroatoms. The second-order valence-corrected chi connectivity index (χ2v) is 5.89. The third-order valence-electron chi connectivity index (χ3n) is 4.27. The normalized spacial score (nSPS) is 16.5. The number of anilines is 1. The number of halogens is 1. The molecule has 0 bridgehead atoms. The maximum Gasteiger partial charge on any atom is 0.123 e. The van der Waals surface area contributed by atoms with Gasteiger partial charge in [-0.25, -0.2) is 4.39 Å². The zero-order valence-corrected chi connectivity index (χ0v) is 13.1. The van der Waals surface area contributed by atoms with E-state index in [-0.39, 0.29) is 11.9 Å². The van der Waals surface area contributed by atoms with Crippen molar-refractivity contribution in [2.24, 2.45) is 4.99 Å². The number of hydrogen-bond donors (Lipinski definition) is 1. The predicted molar refractivity (Wildman–Crippen MR) is 96.5 cm³/mol. The average Bonchev–Trinajstić information content (AvgIpc) is 2.83. The van der Waals surface area contributed by atoms with Crippen LogP contribution in [0, 0.1) is 5.82 Å². The highest BCUT2D eigenvalue weighted by Gasteiger charge is 2.20. The van der Waals surface area contributed by atoms with Gasteiger partial charge < -0.3 is 5.32 Å². The van der Waals surface area contributed by atoms with Crippen molar-refractivity contribution < 1.29 is 4.39 Å². The molecule has 0 amide bonds. The molecule has 0 aliphatic carbocycles. The van der Waals surface area contributed by atoms with Crippen LogP contribution in [-0.2, 0) is 0 Å². The second kappa shape index (κ2) is 6.28. The van der Waals surface area contributed by atoms with Gasteiger partial charge in [0.05, 0.1) is 23.1 Å². The van der Waals surface area contributed by atoms with E-state index in [0.29, 0.717) is 0 Å². The SMILES string of the molecule is Fc1ccc([C@@H]2CC(c3ccccc3)=Nc3ccccc3N2)cc1. The summed E-state index contributed by atoms with van der Waals surface area (Å²) in [5.74, 6) is -0.218. The molecule has 0 fully saturated rings.